The van der Waals surface area contributed by atoms with Gasteiger partial charge in [0.05, 0.1) is 50.1 Å². The molecule has 0 bridgehead atoms. The molecule has 46 heavy (non-hydrogen) atoms. The minimum Gasteiger partial charge on any atom is -0.479 e. The maximum atomic E-state index is 13.2. The van der Waals surface area contributed by atoms with Crippen LogP contribution in [0.15, 0.2) is 54.6 Å². The van der Waals surface area contributed by atoms with Crippen LogP contribution in [-0.2, 0) is 29.9 Å². The van der Waals surface area contributed by atoms with Crippen molar-refractivity contribution >= 4 is 57.7 Å². The van der Waals surface area contributed by atoms with Gasteiger partial charge < -0.3 is 40.5 Å². The van der Waals surface area contributed by atoms with Gasteiger partial charge in [-0.05, 0) is 44.8 Å². The molecule has 13 nitrogen and oxygen atoms in total. The number of likely N-dealkylation sites (tertiary alicyclic amines) is 1. The van der Waals surface area contributed by atoms with Crippen molar-refractivity contribution in [3.05, 3.63) is 60.2 Å². The van der Waals surface area contributed by atoms with Crippen molar-refractivity contribution in [1.82, 2.24) is 15.5 Å². The van der Waals surface area contributed by atoms with Crippen LogP contribution >= 0.6 is 7.60 Å². The summed E-state index contributed by atoms with van der Waals surface area (Å²) in [4.78, 5) is 48.9. The van der Waals surface area contributed by atoms with Gasteiger partial charge in [0.25, 0.3) is 0 Å². The van der Waals surface area contributed by atoms with E-state index < -0.39 is 68.7 Å². The molecule has 2 amide bonds. The molecular formula is C32H38N3O10P. The van der Waals surface area contributed by atoms with Crippen LogP contribution in [0.1, 0.15) is 19.4 Å². The van der Waals surface area contributed by atoms with Crippen LogP contribution in [-0.4, -0.2) is 110 Å². The molecule has 0 aliphatic carbocycles. The molecule has 6 atom stereocenters. The molecule has 1 saturated heterocycles. The Labute approximate surface area is 264 Å². The van der Waals surface area contributed by atoms with E-state index in [1.807, 2.05) is 54.6 Å². The summed E-state index contributed by atoms with van der Waals surface area (Å²) in [6, 6.07) is 15.9. The molecule has 0 aromatic heterocycles. The quantitative estimate of drug-likeness (QED) is 0.0805. The zero-order chi connectivity index (χ0) is 33.4. The number of benzene rings is 4. The smallest absolute Gasteiger partial charge is 0.331 e. The fourth-order valence-electron chi connectivity index (χ4n) is 6.29. The van der Waals surface area contributed by atoms with Crippen molar-refractivity contribution in [1.29, 1.82) is 0 Å². The zero-order valence-electron chi connectivity index (χ0n) is 25.4. The molecule has 1 heterocycles. The fraction of sp³-hybridized carbons (Fsp3) is 0.406. The van der Waals surface area contributed by atoms with Gasteiger partial charge in [-0.1, -0.05) is 54.6 Å². The lowest BCUT2D eigenvalue weighted by Gasteiger charge is -2.31. The molecule has 4 aromatic rings. The van der Waals surface area contributed by atoms with E-state index in [9.17, 15) is 44.3 Å². The lowest BCUT2D eigenvalue weighted by Crippen LogP contribution is -2.55. The highest BCUT2D eigenvalue weighted by atomic mass is 31.2. The van der Waals surface area contributed by atoms with Gasteiger partial charge in [-0.15, -0.1) is 0 Å². The SMILES string of the molecule is CC(=O)NC[C@@H]1[C@@H](O)[C@H](O)[C@@H](CO)N1CCP(=O)(O)OCC(C)(NC(=O)Cc1ccc2ccc3cccc4ccc1c2c34)C(=O)O. The van der Waals surface area contributed by atoms with Gasteiger partial charge in [-0.3, -0.25) is 19.1 Å². The average molecular weight is 656 g/mol. The van der Waals surface area contributed by atoms with Crippen molar-refractivity contribution in [2.45, 2.75) is 50.1 Å². The molecule has 1 fully saturated rings. The number of aliphatic hydroxyl groups is 3. The summed E-state index contributed by atoms with van der Waals surface area (Å²) in [7, 11) is -4.49. The van der Waals surface area contributed by atoms with E-state index in [0.717, 1.165) is 32.3 Å². The average Bonchev–Trinajstić information content (AvgIpc) is 3.25. The Morgan fingerprint density at radius 2 is 1.57 bits per heavy atom. The molecule has 4 aromatic carbocycles. The molecule has 2 unspecified atom stereocenters. The third-order valence-corrected chi connectivity index (χ3v) is 10.1. The normalized spacial score (nSPS) is 23.0. The van der Waals surface area contributed by atoms with E-state index in [-0.39, 0.29) is 25.4 Å². The van der Waals surface area contributed by atoms with Crippen molar-refractivity contribution in [2.24, 2.45) is 0 Å². The summed E-state index contributed by atoms with van der Waals surface area (Å²) in [5.41, 5.74) is -1.37. The minimum absolute atomic E-state index is 0.0874. The summed E-state index contributed by atoms with van der Waals surface area (Å²) in [6.45, 7) is 0.726. The Balaban J connectivity index is 1.26. The van der Waals surface area contributed by atoms with E-state index in [1.54, 1.807) is 0 Å². The topological polar surface area (TPSA) is 206 Å². The van der Waals surface area contributed by atoms with E-state index in [2.05, 4.69) is 10.6 Å². The number of aliphatic carboxylic acids is 1. The lowest BCUT2D eigenvalue weighted by atomic mass is 9.91. The summed E-state index contributed by atoms with van der Waals surface area (Å²) in [6.07, 6.45) is -3.42. The number of nitrogens with one attached hydrogen (secondary N) is 2. The molecule has 1 aliphatic rings. The molecule has 5 rings (SSSR count). The number of carbonyl (C=O) groups excluding carboxylic acids is 2. The molecule has 1 aliphatic heterocycles. The van der Waals surface area contributed by atoms with Gasteiger partial charge in [0.2, 0.25) is 11.8 Å². The second-order valence-electron chi connectivity index (χ2n) is 12.1. The molecule has 7 N–H and O–H groups in total. The first-order valence-electron chi connectivity index (χ1n) is 14.9. The van der Waals surface area contributed by atoms with E-state index in [1.165, 1.54) is 18.7 Å². The van der Waals surface area contributed by atoms with Gasteiger partial charge in [-0.25, -0.2) is 4.79 Å². The molecule has 246 valence electrons. The number of carboxylic acids is 1. The van der Waals surface area contributed by atoms with Crippen molar-refractivity contribution in [2.75, 3.05) is 32.5 Å². The number of hydrogen-bond acceptors (Lipinski definition) is 9. The van der Waals surface area contributed by atoms with Gasteiger partial charge >= 0.3 is 13.6 Å². The van der Waals surface area contributed by atoms with Crippen LogP contribution in [0.3, 0.4) is 0 Å². The molecule has 14 heteroatoms. The first-order valence-corrected chi connectivity index (χ1v) is 16.6. The Morgan fingerprint density at radius 3 is 2.20 bits per heavy atom. The number of carboxylic acid groups (broad SMARTS) is 1. The maximum absolute atomic E-state index is 13.2. The largest absolute Gasteiger partial charge is 0.479 e. The first kappa shape index (κ1) is 33.7. The summed E-state index contributed by atoms with van der Waals surface area (Å²) in [5.74, 6) is -2.49. The maximum Gasteiger partial charge on any atom is 0.331 e. The highest BCUT2D eigenvalue weighted by Crippen LogP contribution is 2.43. The molecule has 0 saturated carbocycles. The second-order valence-corrected chi connectivity index (χ2v) is 14.0. The van der Waals surface area contributed by atoms with Crippen LogP contribution < -0.4 is 10.6 Å². The molecular weight excluding hydrogens is 617 g/mol. The molecule has 0 spiro atoms. The second kappa shape index (κ2) is 13.2. The van der Waals surface area contributed by atoms with Crippen molar-refractivity contribution in [3.8, 4) is 0 Å². The highest BCUT2D eigenvalue weighted by molar-refractivity contribution is 7.52. The first-order chi connectivity index (χ1) is 21.7. The monoisotopic (exact) mass is 655 g/mol. The number of nitrogens with zero attached hydrogens (tertiary/aromatic N) is 1. The van der Waals surface area contributed by atoms with Crippen LogP contribution in [0, 0.1) is 0 Å². The predicted molar refractivity (Wildman–Crippen MR) is 171 cm³/mol. The highest BCUT2D eigenvalue weighted by Gasteiger charge is 2.47. The summed E-state index contributed by atoms with van der Waals surface area (Å²) < 4.78 is 18.2. The summed E-state index contributed by atoms with van der Waals surface area (Å²) >= 11 is 0. The Bertz CT molecular complexity index is 1800. The van der Waals surface area contributed by atoms with Gasteiger partial charge in [0.15, 0.2) is 5.54 Å². The number of amides is 2. The number of aliphatic hydroxyl groups excluding tert-OH is 3. The Kier molecular flexibility index (Phi) is 9.67. The van der Waals surface area contributed by atoms with Crippen molar-refractivity contribution < 1.29 is 48.8 Å². The Hall–Kier alpha value is -3.68. The van der Waals surface area contributed by atoms with Crippen molar-refractivity contribution in [3.63, 3.8) is 0 Å². The lowest BCUT2D eigenvalue weighted by molar-refractivity contribution is -0.148. The predicted octanol–water partition coefficient (Wildman–Crippen LogP) is 1.19. The van der Waals surface area contributed by atoms with E-state index in [0.29, 0.717) is 5.56 Å². The van der Waals surface area contributed by atoms with E-state index >= 15 is 0 Å². The number of carbonyl (C=O) groups is 3. The van der Waals surface area contributed by atoms with Gasteiger partial charge in [-0.2, -0.15) is 0 Å². The van der Waals surface area contributed by atoms with E-state index in [4.69, 9.17) is 4.52 Å². The Morgan fingerprint density at radius 1 is 0.957 bits per heavy atom. The number of rotatable bonds is 13. The standard InChI is InChI=1S/C32H38N3O10P/c1-18(37)33-15-24-29(39)30(40)25(16-36)35(24)12-13-46(43,44)45-17-32(2,31(41)42)34-26(38)14-22-9-8-21-7-6-19-4-3-5-20-10-11-23(22)28(21)27(19)20/h3-11,24-25,29-30,36,39-40H,12-17H2,1-2H3,(H,33,37)(H,34,38)(H,41,42)(H,43,44)/t24-,25-,29-,30-,32?/m1/s1. The van der Waals surface area contributed by atoms with Crippen LogP contribution in [0.2, 0.25) is 0 Å². The van der Waals surface area contributed by atoms with Crippen LogP contribution in [0.4, 0.5) is 0 Å². The third-order valence-electron chi connectivity index (χ3n) is 8.79. The van der Waals surface area contributed by atoms with Crippen LogP contribution in [0.5, 0.6) is 0 Å². The van der Waals surface area contributed by atoms with Gasteiger partial charge in [0.1, 0.15) is 0 Å². The van der Waals surface area contributed by atoms with Gasteiger partial charge in [0, 0.05) is 20.0 Å². The van der Waals surface area contributed by atoms with Crippen LogP contribution in [0.25, 0.3) is 32.3 Å². The fourth-order valence-corrected chi connectivity index (χ4v) is 7.36. The molecule has 0 radical (unpaired) electrons. The minimum atomic E-state index is -4.49. The third kappa shape index (κ3) is 6.72. The number of hydrogen-bond donors (Lipinski definition) is 7. The zero-order valence-corrected chi connectivity index (χ0v) is 26.3. The summed E-state index contributed by atoms with van der Waals surface area (Å²) in [5, 5.41) is 51.6.